The molecule has 0 spiro atoms. The summed E-state index contributed by atoms with van der Waals surface area (Å²) in [5, 5.41) is 17.0. The van der Waals surface area contributed by atoms with Gasteiger partial charge in [0.1, 0.15) is 5.82 Å². The summed E-state index contributed by atoms with van der Waals surface area (Å²) in [5.74, 6) is -0.283. The van der Waals surface area contributed by atoms with Crippen LogP contribution in [0.4, 0.5) is 9.52 Å². The third-order valence-electron chi connectivity index (χ3n) is 2.82. The molecule has 1 aromatic carbocycles. The second kappa shape index (κ2) is 5.56. The highest BCUT2D eigenvalue weighted by Gasteiger charge is 2.11. The van der Waals surface area contributed by atoms with E-state index < -0.39 is 0 Å². The molecule has 7 heteroatoms. The van der Waals surface area contributed by atoms with Gasteiger partial charge >= 0.3 is 0 Å². The van der Waals surface area contributed by atoms with Crippen molar-refractivity contribution in [3.05, 3.63) is 36.3 Å². The second-order valence-electron chi connectivity index (χ2n) is 4.26. The van der Waals surface area contributed by atoms with Crippen molar-refractivity contribution in [3.63, 3.8) is 0 Å². The largest absolute Gasteiger partial charge is 0.396 e. The van der Waals surface area contributed by atoms with Crippen molar-refractivity contribution < 1.29 is 9.50 Å². The lowest BCUT2D eigenvalue weighted by atomic mass is 10.2. The van der Waals surface area contributed by atoms with Gasteiger partial charge in [-0.3, -0.25) is 0 Å². The monoisotopic (exact) mass is 292 g/mol. The molecule has 20 heavy (non-hydrogen) atoms. The fraction of sp³-hybridized carbons (Fsp3) is 0.231. The number of aliphatic hydroxyl groups excluding tert-OH is 1. The summed E-state index contributed by atoms with van der Waals surface area (Å²) in [4.78, 5) is 5.03. The van der Waals surface area contributed by atoms with Gasteiger partial charge in [-0.1, -0.05) is 23.5 Å². The first-order valence-electron chi connectivity index (χ1n) is 6.23. The van der Waals surface area contributed by atoms with E-state index in [1.54, 1.807) is 16.8 Å². The summed E-state index contributed by atoms with van der Waals surface area (Å²) in [6, 6.07) is 6.36. The van der Waals surface area contributed by atoms with Gasteiger partial charge in [-0.2, -0.15) is 0 Å². The molecular formula is C13H13FN4OS. The highest BCUT2D eigenvalue weighted by molar-refractivity contribution is 7.20. The van der Waals surface area contributed by atoms with Crippen LogP contribution >= 0.6 is 11.3 Å². The lowest BCUT2D eigenvalue weighted by Gasteiger charge is -2.00. The number of halogens is 1. The smallest absolute Gasteiger partial charge is 0.214 e. The van der Waals surface area contributed by atoms with Gasteiger partial charge in [0.2, 0.25) is 10.1 Å². The summed E-state index contributed by atoms with van der Waals surface area (Å²) < 4.78 is 15.0. The standard InChI is InChI=1S/C13H13FN4OS/c14-10-4-1-3-9(7-10)11-8-16-13-18(11)17-12(20-13)15-5-2-6-19/h1,3-4,7-8,19H,2,5-6H2,(H,15,17). The highest BCUT2D eigenvalue weighted by Crippen LogP contribution is 2.26. The Balaban J connectivity index is 1.92. The van der Waals surface area contributed by atoms with Crippen LogP contribution in [0.5, 0.6) is 0 Å². The minimum Gasteiger partial charge on any atom is -0.396 e. The molecule has 3 aromatic rings. The Bertz CT molecular complexity index is 724. The average molecular weight is 292 g/mol. The number of benzene rings is 1. The van der Waals surface area contributed by atoms with E-state index in [0.717, 1.165) is 21.3 Å². The lowest BCUT2D eigenvalue weighted by Crippen LogP contribution is -2.03. The molecule has 104 valence electrons. The quantitative estimate of drug-likeness (QED) is 0.709. The van der Waals surface area contributed by atoms with E-state index in [9.17, 15) is 4.39 Å². The van der Waals surface area contributed by atoms with Crippen LogP contribution < -0.4 is 5.32 Å². The summed E-state index contributed by atoms with van der Waals surface area (Å²) >= 11 is 1.42. The zero-order valence-corrected chi connectivity index (χ0v) is 11.4. The molecule has 5 nitrogen and oxygen atoms in total. The predicted octanol–water partition coefficient (Wildman–Crippen LogP) is 2.39. The minimum absolute atomic E-state index is 0.143. The Morgan fingerprint density at radius 3 is 3.10 bits per heavy atom. The third-order valence-corrected chi connectivity index (χ3v) is 3.70. The molecule has 0 aliphatic rings. The van der Waals surface area contributed by atoms with Crippen LogP contribution in [0.15, 0.2) is 30.5 Å². The molecule has 2 heterocycles. The summed E-state index contributed by atoms with van der Waals surface area (Å²) in [6.07, 6.45) is 2.35. The van der Waals surface area contributed by atoms with Crippen LogP contribution in [-0.2, 0) is 0 Å². The van der Waals surface area contributed by atoms with Crippen molar-refractivity contribution in [2.24, 2.45) is 0 Å². The third kappa shape index (κ3) is 2.50. The summed E-state index contributed by atoms with van der Waals surface area (Å²) in [6.45, 7) is 0.798. The van der Waals surface area contributed by atoms with Gasteiger partial charge in [-0.15, -0.1) is 5.10 Å². The Morgan fingerprint density at radius 2 is 2.30 bits per heavy atom. The molecule has 0 fully saturated rings. The fourth-order valence-corrected chi connectivity index (χ4v) is 2.68. The minimum atomic E-state index is -0.283. The molecule has 0 amide bonds. The van der Waals surface area contributed by atoms with Gasteiger partial charge < -0.3 is 10.4 Å². The number of fused-ring (bicyclic) bond motifs is 1. The zero-order chi connectivity index (χ0) is 13.9. The van der Waals surface area contributed by atoms with E-state index in [4.69, 9.17) is 5.11 Å². The maximum absolute atomic E-state index is 13.3. The number of aromatic nitrogens is 3. The topological polar surface area (TPSA) is 62.5 Å². The maximum Gasteiger partial charge on any atom is 0.214 e. The normalized spacial score (nSPS) is 11.1. The number of nitrogens with one attached hydrogen (secondary N) is 1. The molecule has 0 aliphatic heterocycles. The Hall–Kier alpha value is -1.99. The predicted molar refractivity (Wildman–Crippen MR) is 76.5 cm³/mol. The molecule has 0 atom stereocenters. The van der Waals surface area contributed by atoms with Crippen LogP contribution in [-0.4, -0.2) is 32.9 Å². The van der Waals surface area contributed by atoms with Gasteiger partial charge in [-0.05, 0) is 18.6 Å². The first-order valence-corrected chi connectivity index (χ1v) is 7.05. The van der Waals surface area contributed by atoms with Crippen molar-refractivity contribution in [1.29, 1.82) is 0 Å². The molecule has 0 saturated heterocycles. The van der Waals surface area contributed by atoms with Crippen LogP contribution in [0.1, 0.15) is 6.42 Å². The first kappa shape index (κ1) is 13.0. The molecule has 2 aromatic heterocycles. The molecule has 0 saturated carbocycles. The van der Waals surface area contributed by atoms with E-state index >= 15 is 0 Å². The van der Waals surface area contributed by atoms with E-state index in [1.807, 2.05) is 6.07 Å². The number of imidazole rings is 1. The molecule has 3 rings (SSSR count). The fourth-order valence-electron chi connectivity index (χ4n) is 1.88. The zero-order valence-electron chi connectivity index (χ0n) is 10.6. The van der Waals surface area contributed by atoms with Gasteiger partial charge in [-0.25, -0.2) is 13.9 Å². The number of nitrogens with zero attached hydrogens (tertiary/aromatic N) is 3. The van der Waals surface area contributed by atoms with E-state index in [0.29, 0.717) is 13.0 Å². The molecule has 0 radical (unpaired) electrons. The molecule has 0 unspecified atom stereocenters. The first-order chi connectivity index (χ1) is 9.78. The van der Waals surface area contributed by atoms with Crippen molar-refractivity contribution in [1.82, 2.24) is 14.6 Å². The van der Waals surface area contributed by atoms with Crippen LogP contribution in [0.2, 0.25) is 0 Å². The van der Waals surface area contributed by atoms with Crippen molar-refractivity contribution in [2.75, 3.05) is 18.5 Å². The number of hydrogen-bond acceptors (Lipinski definition) is 5. The van der Waals surface area contributed by atoms with Crippen molar-refractivity contribution in [3.8, 4) is 11.3 Å². The Morgan fingerprint density at radius 1 is 1.40 bits per heavy atom. The van der Waals surface area contributed by atoms with Gasteiger partial charge in [0.25, 0.3) is 0 Å². The lowest BCUT2D eigenvalue weighted by molar-refractivity contribution is 0.292. The second-order valence-corrected chi connectivity index (χ2v) is 5.22. The number of rotatable bonds is 5. The van der Waals surface area contributed by atoms with E-state index in [-0.39, 0.29) is 12.4 Å². The molecule has 0 bridgehead atoms. The summed E-state index contributed by atoms with van der Waals surface area (Å²) in [5.41, 5.74) is 1.50. The Labute approximate surface area is 118 Å². The molecule has 2 N–H and O–H groups in total. The van der Waals surface area contributed by atoms with Gasteiger partial charge in [0.05, 0.1) is 11.9 Å². The maximum atomic E-state index is 13.3. The van der Waals surface area contributed by atoms with Gasteiger partial charge in [0.15, 0.2) is 0 Å². The highest BCUT2D eigenvalue weighted by atomic mass is 32.1. The number of aliphatic hydroxyl groups is 1. The SMILES string of the molecule is OCCCNc1nn2c(-c3cccc(F)c3)cnc2s1. The number of anilines is 1. The molecule has 0 aliphatic carbocycles. The number of hydrogen-bond donors (Lipinski definition) is 2. The van der Waals surface area contributed by atoms with Gasteiger partial charge in [0, 0.05) is 18.7 Å². The van der Waals surface area contributed by atoms with Crippen molar-refractivity contribution >= 4 is 21.4 Å². The van der Waals surface area contributed by atoms with Crippen molar-refractivity contribution in [2.45, 2.75) is 6.42 Å². The molecular weight excluding hydrogens is 279 g/mol. The van der Waals surface area contributed by atoms with Crippen LogP contribution in [0.3, 0.4) is 0 Å². The van der Waals surface area contributed by atoms with E-state index in [2.05, 4.69) is 15.4 Å². The van der Waals surface area contributed by atoms with E-state index in [1.165, 1.54) is 23.5 Å². The van der Waals surface area contributed by atoms with Crippen LogP contribution in [0.25, 0.3) is 16.2 Å². The summed E-state index contributed by atoms with van der Waals surface area (Å²) in [7, 11) is 0. The van der Waals surface area contributed by atoms with Crippen LogP contribution in [0, 0.1) is 5.82 Å². The Kier molecular flexibility index (Phi) is 3.62. The average Bonchev–Trinajstić information content (AvgIpc) is 2.98.